The van der Waals surface area contributed by atoms with Crippen molar-refractivity contribution in [3.05, 3.63) is 63.3 Å². The van der Waals surface area contributed by atoms with Crippen LogP contribution in [0.5, 0.6) is 0 Å². The number of piperidine rings is 1. The van der Waals surface area contributed by atoms with E-state index in [-0.39, 0.29) is 22.3 Å². The van der Waals surface area contributed by atoms with Gasteiger partial charge < -0.3 is 10.2 Å². The van der Waals surface area contributed by atoms with Crippen molar-refractivity contribution >= 4 is 44.1 Å². The van der Waals surface area contributed by atoms with Crippen molar-refractivity contribution in [1.29, 1.82) is 0 Å². The Morgan fingerprint density at radius 1 is 1.00 bits per heavy atom. The largest absolute Gasteiger partial charge is 0.337 e. The van der Waals surface area contributed by atoms with Crippen molar-refractivity contribution in [2.24, 2.45) is 0 Å². The van der Waals surface area contributed by atoms with Gasteiger partial charge in [0.05, 0.1) is 22.7 Å². The molecule has 0 spiro atoms. The average Bonchev–Trinajstić information content (AvgIpc) is 3.46. The van der Waals surface area contributed by atoms with E-state index in [0.29, 0.717) is 54.6 Å². The van der Waals surface area contributed by atoms with Crippen molar-refractivity contribution in [1.82, 2.24) is 19.0 Å². The zero-order valence-electron chi connectivity index (χ0n) is 22.2. The van der Waals surface area contributed by atoms with Crippen molar-refractivity contribution < 1.29 is 22.8 Å². The Kier molecular flexibility index (Phi) is 7.45. The minimum Gasteiger partial charge on any atom is -0.337 e. The number of benzene rings is 1. The van der Waals surface area contributed by atoms with Crippen LogP contribution in [0.2, 0.25) is 0 Å². The molecular formula is C27H31N5O5S2. The first-order valence-electron chi connectivity index (χ1n) is 13.0. The number of aryl methyl sites for hydroxylation is 2. The number of anilines is 1. The van der Waals surface area contributed by atoms with Gasteiger partial charge in [-0.15, -0.1) is 11.3 Å². The van der Waals surface area contributed by atoms with Crippen LogP contribution >= 0.6 is 11.3 Å². The number of rotatable bonds is 5. The van der Waals surface area contributed by atoms with Gasteiger partial charge in [0, 0.05) is 42.7 Å². The first kappa shape index (κ1) is 27.2. The van der Waals surface area contributed by atoms with Crippen molar-refractivity contribution in [3.63, 3.8) is 0 Å². The molecule has 2 aromatic heterocycles. The predicted molar refractivity (Wildman–Crippen MR) is 148 cm³/mol. The molecule has 0 bridgehead atoms. The van der Waals surface area contributed by atoms with E-state index in [1.54, 1.807) is 11.8 Å². The Bertz CT molecular complexity index is 1550. The molecule has 2 aliphatic heterocycles. The molecule has 206 valence electrons. The molecule has 0 radical (unpaired) electrons. The van der Waals surface area contributed by atoms with Gasteiger partial charge in [0.15, 0.2) is 0 Å². The second-order valence-electron chi connectivity index (χ2n) is 9.99. The van der Waals surface area contributed by atoms with E-state index in [9.17, 15) is 22.8 Å². The first-order valence-corrected chi connectivity index (χ1v) is 15.2. The topological polar surface area (TPSA) is 122 Å². The lowest BCUT2D eigenvalue weighted by Gasteiger charge is -2.26. The van der Waals surface area contributed by atoms with E-state index in [1.165, 1.54) is 51.5 Å². The lowest BCUT2D eigenvalue weighted by Crippen LogP contribution is -2.35. The first-order chi connectivity index (χ1) is 18.6. The third-order valence-electron chi connectivity index (χ3n) is 7.21. The molecular weight excluding hydrogens is 538 g/mol. The Morgan fingerprint density at radius 2 is 1.69 bits per heavy atom. The molecule has 3 aromatic rings. The van der Waals surface area contributed by atoms with E-state index in [2.05, 4.69) is 10.4 Å². The van der Waals surface area contributed by atoms with Crippen LogP contribution in [0.15, 0.2) is 35.2 Å². The predicted octanol–water partition coefficient (Wildman–Crippen LogP) is 3.58. The second kappa shape index (κ2) is 10.7. The molecule has 1 saturated heterocycles. The van der Waals surface area contributed by atoms with Gasteiger partial charge in [-0.2, -0.15) is 9.40 Å². The number of nitrogens with zero attached hydrogens (tertiary/aromatic N) is 4. The molecule has 10 nitrogen and oxygen atoms in total. The SMILES string of the molecule is CC(=O)N1CCc2c(sc(NC(=O)c3ccc(S(=O)(=O)N4CCCCC4)cc3)c2C(=O)n2nc(C)cc2C)C1. The van der Waals surface area contributed by atoms with Gasteiger partial charge in [0.1, 0.15) is 5.00 Å². The number of sulfonamides is 1. The lowest BCUT2D eigenvalue weighted by atomic mass is 10.0. The number of amides is 2. The summed E-state index contributed by atoms with van der Waals surface area (Å²) >= 11 is 1.28. The Balaban J connectivity index is 1.44. The highest BCUT2D eigenvalue weighted by atomic mass is 32.2. The highest BCUT2D eigenvalue weighted by molar-refractivity contribution is 7.89. The lowest BCUT2D eigenvalue weighted by molar-refractivity contribution is -0.129. The number of carbonyl (C=O) groups excluding carboxylic acids is 3. The molecule has 0 atom stereocenters. The highest BCUT2D eigenvalue weighted by Gasteiger charge is 2.31. The molecule has 4 heterocycles. The Hall–Kier alpha value is -3.35. The Labute approximate surface area is 231 Å². The molecule has 2 amide bonds. The van der Waals surface area contributed by atoms with Gasteiger partial charge >= 0.3 is 0 Å². The van der Waals surface area contributed by atoms with Crippen LogP contribution in [-0.2, 0) is 27.8 Å². The van der Waals surface area contributed by atoms with Gasteiger partial charge in [-0.05, 0) is 69.0 Å². The molecule has 5 rings (SSSR count). The van der Waals surface area contributed by atoms with Crippen LogP contribution in [0.25, 0.3) is 0 Å². The normalized spacial score (nSPS) is 16.1. The fraction of sp³-hybridized carbons (Fsp3) is 0.407. The molecule has 0 saturated carbocycles. The van der Waals surface area contributed by atoms with Gasteiger partial charge in [-0.25, -0.2) is 13.1 Å². The van der Waals surface area contributed by atoms with Crippen LogP contribution in [0.4, 0.5) is 5.00 Å². The fourth-order valence-electron chi connectivity index (χ4n) is 5.13. The second-order valence-corrected chi connectivity index (χ2v) is 13.0. The molecule has 0 aliphatic carbocycles. The van der Waals surface area contributed by atoms with E-state index in [1.807, 2.05) is 13.0 Å². The maximum Gasteiger partial charge on any atom is 0.281 e. The number of thiophene rings is 1. The van der Waals surface area contributed by atoms with Crippen molar-refractivity contribution in [2.75, 3.05) is 25.0 Å². The molecule has 1 N–H and O–H groups in total. The van der Waals surface area contributed by atoms with E-state index < -0.39 is 15.9 Å². The van der Waals surface area contributed by atoms with Crippen molar-refractivity contribution in [2.45, 2.75) is 57.9 Å². The number of hydrogen-bond acceptors (Lipinski definition) is 7. The number of fused-ring (bicyclic) bond motifs is 1. The van der Waals surface area contributed by atoms with Crippen LogP contribution in [0, 0.1) is 13.8 Å². The molecule has 2 aliphatic rings. The third kappa shape index (κ3) is 5.28. The summed E-state index contributed by atoms with van der Waals surface area (Å²) in [5.74, 6) is -0.848. The number of aromatic nitrogens is 2. The molecule has 1 fully saturated rings. The van der Waals surface area contributed by atoms with Gasteiger partial charge in [-0.3, -0.25) is 14.4 Å². The van der Waals surface area contributed by atoms with Gasteiger partial charge in [-0.1, -0.05) is 6.42 Å². The maximum absolute atomic E-state index is 13.7. The van der Waals surface area contributed by atoms with Crippen molar-refractivity contribution in [3.8, 4) is 0 Å². The summed E-state index contributed by atoms with van der Waals surface area (Å²) in [4.78, 5) is 41.7. The quantitative estimate of drug-likeness (QED) is 0.501. The van der Waals surface area contributed by atoms with E-state index in [4.69, 9.17) is 0 Å². The fourth-order valence-corrected chi connectivity index (χ4v) is 7.90. The van der Waals surface area contributed by atoms with E-state index in [0.717, 1.165) is 29.7 Å². The van der Waals surface area contributed by atoms with Crippen LogP contribution in [0.1, 0.15) is 68.7 Å². The van der Waals surface area contributed by atoms with E-state index >= 15 is 0 Å². The maximum atomic E-state index is 13.7. The zero-order chi connectivity index (χ0) is 27.9. The highest BCUT2D eigenvalue weighted by Crippen LogP contribution is 2.38. The van der Waals surface area contributed by atoms with Crippen LogP contribution in [0.3, 0.4) is 0 Å². The monoisotopic (exact) mass is 569 g/mol. The average molecular weight is 570 g/mol. The minimum atomic E-state index is -3.61. The summed E-state index contributed by atoms with van der Waals surface area (Å²) in [5, 5.41) is 7.61. The van der Waals surface area contributed by atoms with Crippen LogP contribution < -0.4 is 5.32 Å². The van der Waals surface area contributed by atoms with Gasteiger partial charge in [0.2, 0.25) is 15.9 Å². The number of carbonyl (C=O) groups is 3. The van der Waals surface area contributed by atoms with Crippen LogP contribution in [-0.4, -0.2) is 64.8 Å². The third-order valence-corrected chi connectivity index (χ3v) is 10.3. The molecule has 0 unspecified atom stereocenters. The summed E-state index contributed by atoms with van der Waals surface area (Å²) in [7, 11) is -3.61. The number of hydrogen-bond donors (Lipinski definition) is 1. The minimum absolute atomic E-state index is 0.0503. The molecule has 12 heteroatoms. The standard InChI is InChI=1S/C27H31N5O5S2/c1-17-15-18(2)32(29-17)27(35)24-22-11-14-30(19(3)33)16-23(22)38-26(24)28-25(34)20-7-9-21(10-8-20)39(36,37)31-12-5-4-6-13-31/h7-10,15H,4-6,11-14,16H2,1-3H3,(H,28,34). The number of nitrogens with one attached hydrogen (secondary N) is 1. The summed E-state index contributed by atoms with van der Waals surface area (Å²) in [6, 6.07) is 7.68. The van der Waals surface area contributed by atoms with Gasteiger partial charge in [0.25, 0.3) is 11.8 Å². The summed E-state index contributed by atoms with van der Waals surface area (Å²) < 4.78 is 28.8. The molecule has 1 aromatic carbocycles. The zero-order valence-corrected chi connectivity index (χ0v) is 23.8. The molecule has 39 heavy (non-hydrogen) atoms. The Morgan fingerprint density at radius 3 is 2.31 bits per heavy atom. The smallest absolute Gasteiger partial charge is 0.281 e. The summed E-state index contributed by atoms with van der Waals surface area (Å²) in [6.45, 7) is 6.97. The summed E-state index contributed by atoms with van der Waals surface area (Å²) in [6.07, 6.45) is 3.19. The summed E-state index contributed by atoms with van der Waals surface area (Å²) in [5.41, 5.74) is 2.85.